The van der Waals surface area contributed by atoms with E-state index in [4.69, 9.17) is 14.2 Å². The first-order valence-corrected chi connectivity index (χ1v) is 5.67. The largest absolute Gasteiger partial charge is 0.493 e. The van der Waals surface area contributed by atoms with Crippen molar-refractivity contribution in [1.29, 1.82) is 0 Å². The molecule has 1 fully saturated rings. The van der Waals surface area contributed by atoms with Gasteiger partial charge >= 0.3 is 0 Å². The van der Waals surface area contributed by atoms with Gasteiger partial charge < -0.3 is 19.3 Å². The molecule has 0 saturated carbocycles. The monoisotopic (exact) mass is 234 g/mol. The van der Waals surface area contributed by atoms with Crippen molar-refractivity contribution < 1.29 is 19.3 Å². The van der Waals surface area contributed by atoms with Crippen LogP contribution in [0.1, 0.15) is 11.9 Å². The zero-order valence-corrected chi connectivity index (χ0v) is 9.23. The molecule has 2 heterocycles. The molecular weight excluding hydrogens is 220 g/mol. The van der Waals surface area contributed by atoms with E-state index in [-0.39, 0.29) is 12.2 Å². The van der Waals surface area contributed by atoms with Crippen molar-refractivity contribution >= 4 is 0 Å². The standard InChI is InChI=1S/C13H14O4/c14-10-6-7-15-11-8-16-13(17-12(10)11)9-4-2-1-3-5-9/h1-7,10-14H,8H2/t10-,11+,12-,13-/m1/s1. The molecule has 0 radical (unpaired) electrons. The Labute approximate surface area is 99.4 Å². The average molecular weight is 234 g/mol. The van der Waals surface area contributed by atoms with Gasteiger partial charge in [-0.15, -0.1) is 0 Å². The number of aliphatic hydroxyl groups is 1. The molecule has 1 aromatic carbocycles. The molecule has 90 valence electrons. The molecule has 4 heteroatoms. The Hall–Kier alpha value is -1.36. The van der Waals surface area contributed by atoms with Gasteiger partial charge in [-0.25, -0.2) is 0 Å². The number of fused-ring (bicyclic) bond motifs is 1. The number of rotatable bonds is 1. The predicted octanol–water partition coefficient (Wildman–Crippen LogP) is 1.37. The maximum Gasteiger partial charge on any atom is 0.184 e. The zero-order chi connectivity index (χ0) is 11.7. The van der Waals surface area contributed by atoms with Gasteiger partial charge in [-0.3, -0.25) is 0 Å². The first kappa shape index (κ1) is 10.8. The van der Waals surface area contributed by atoms with E-state index in [9.17, 15) is 5.11 Å². The van der Waals surface area contributed by atoms with Crippen molar-refractivity contribution in [2.45, 2.75) is 24.6 Å². The van der Waals surface area contributed by atoms with E-state index >= 15 is 0 Å². The summed E-state index contributed by atoms with van der Waals surface area (Å²) in [5.41, 5.74) is 0.952. The Morgan fingerprint density at radius 3 is 2.82 bits per heavy atom. The van der Waals surface area contributed by atoms with Gasteiger partial charge in [0.2, 0.25) is 0 Å². The Morgan fingerprint density at radius 1 is 1.18 bits per heavy atom. The van der Waals surface area contributed by atoms with E-state index in [0.29, 0.717) is 6.61 Å². The number of hydrogen-bond acceptors (Lipinski definition) is 4. The van der Waals surface area contributed by atoms with Crippen molar-refractivity contribution in [2.24, 2.45) is 0 Å². The Kier molecular flexibility index (Phi) is 2.84. The molecule has 2 aliphatic heterocycles. The van der Waals surface area contributed by atoms with E-state index in [2.05, 4.69) is 0 Å². The molecule has 1 saturated heterocycles. The summed E-state index contributed by atoms with van der Waals surface area (Å²) in [5.74, 6) is 0. The fourth-order valence-corrected chi connectivity index (χ4v) is 2.09. The number of ether oxygens (including phenoxy) is 3. The van der Waals surface area contributed by atoms with Crippen LogP contribution in [-0.4, -0.2) is 30.0 Å². The van der Waals surface area contributed by atoms with Crippen molar-refractivity contribution in [3.63, 3.8) is 0 Å². The van der Waals surface area contributed by atoms with E-state index < -0.39 is 12.4 Å². The first-order valence-electron chi connectivity index (χ1n) is 5.67. The zero-order valence-electron chi connectivity index (χ0n) is 9.23. The molecule has 17 heavy (non-hydrogen) atoms. The van der Waals surface area contributed by atoms with Crippen LogP contribution in [0, 0.1) is 0 Å². The highest BCUT2D eigenvalue weighted by molar-refractivity contribution is 5.16. The Bertz CT molecular complexity index is 403. The van der Waals surface area contributed by atoms with Crippen LogP contribution in [0.4, 0.5) is 0 Å². The lowest BCUT2D eigenvalue weighted by Crippen LogP contribution is -2.49. The van der Waals surface area contributed by atoms with E-state index in [1.54, 1.807) is 6.08 Å². The number of benzene rings is 1. The maximum absolute atomic E-state index is 9.82. The summed E-state index contributed by atoms with van der Waals surface area (Å²) in [6, 6.07) is 9.69. The highest BCUT2D eigenvalue weighted by Crippen LogP contribution is 2.30. The van der Waals surface area contributed by atoms with Crippen LogP contribution < -0.4 is 0 Å². The molecule has 1 N–H and O–H groups in total. The van der Waals surface area contributed by atoms with Gasteiger partial charge in [-0.05, 0) is 6.08 Å². The van der Waals surface area contributed by atoms with Crippen LogP contribution >= 0.6 is 0 Å². The van der Waals surface area contributed by atoms with Gasteiger partial charge in [0.1, 0.15) is 12.2 Å². The minimum Gasteiger partial charge on any atom is -0.493 e. The van der Waals surface area contributed by atoms with Crippen molar-refractivity contribution in [3.05, 3.63) is 48.2 Å². The van der Waals surface area contributed by atoms with Crippen LogP contribution in [-0.2, 0) is 14.2 Å². The maximum atomic E-state index is 9.82. The third-order valence-corrected chi connectivity index (χ3v) is 3.00. The lowest BCUT2D eigenvalue weighted by Gasteiger charge is -2.39. The van der Waals surface area contributed by atoms with Gasteiger partial charge in [0.25, 0.3) is 0 Å². The molecule has 0 aromatic heterocycles. The molecule has 2 aliphatic rings. The highest BCUT2D eigenvalue weighted by atomic mass is 16.7. The number of aliphatic hydroxyl groups excluding tert-OH is 1. The SMILES string of the molecule is O[C@@H]1C=CO[C@H]2CO[C@@H](c3ccccc3)O[C@H]12. The highest BCUT2D eigenvalue weighted by Gasteiger charge is 2.39. The second-order valence-corrected chi connectivity index (χ2v) is 4.17. The predicted molar refractivity (Wildman–Crippen MR) is 60.0 cm³/mol. The summed E-state index contributed by atoms with van der Waals surface area (Å²) in [7, 11) is 0. The normalized spacial score (nSPS) is 36.1. The summed E-state index contributed by atoms with van der Waals surface area (Å²) in [4.78, 5) is 0. The van der Waals surface area contributed by atoms with Crippen LogP contribution in [0.25, 0.3) is 0 Å². The van der Waals surface area contributed by atoms with Gasteiger partial charge in [0.05, 0.1) is 12.9 Å². The fourth-order valence-electron chi connectivity index (χ4n) is 2.09. The molecule has 1 aromatic rings. The quantitative estimate of drug-likeness (QED) is 0.797. The summed E-state index contributed by atoms with van der Waals surface area (Å²) < 4.78 is 16.7. The molecule has 4 nitrogen and oxygen atoms in total. The van der Waals surface area contributed by atoms with Crippen LogP contribution in [0.5, 0.6) is 0 Å². The summed E-state index contributed by atoms with van der Waals surface area (Å²) >= 11 is 0. The molecule has 0 aliphatic carbocycles. The van der Waals surface area contributed by atoms with Crippen molar-refractivity contribution in [2.75, 3.05) is 6.61 Å². The van der Waals surface area contributed by atoms with Crippen LogP contribution in [0.2, 0.25) is 0 Å². The van der Waals surface area contributed by atoms with Gasteiger partial charge in [0, 0.05) is 5.56 Å². The van der Waals surface area contributed by atoms with Crippen LogP contribution in [0.15, 0.2) is 42.7 Å². The van der Waals surface area contributed by atoms with E-state index in [1.165, 1.54) is 6.26 Å². The molecule has 4 atom stereocenters. The Morgan fingerprint density at radius 2 is 2.00 bits per heavy atom. The van der Waals surface area contributed by atoms with Gasteiger partial charge in [-0.1, -0.05) is 30.3 Å². The minimum absolute atomic E-state index is 0.227. The third kappa shape index (κ3) is 2.07. The van der Waals surface area contributed by atoms with Gasteiger partial charge in [-0.2, -0.15) is 0 Å². The van der Waals surface area contributed by atoms with Gasteiger partial charge in [0.15, 0.2) is 12.4 Å². The topological polar surface area (TPSA) is 47.9 Å². The van der Waals surface area contributed by atoms with E-state index in [1.807, 2.05) is 30.3 Å². The minimum atomic E-state index is -0.635. The van der Waals surface area contributed by atoms with Crippen molar-refractivity contribution in [3.8, 4) is 0 Å². The summed E-state index contributed by atoms with van der Waals surface area (Å²) in [5, 5.41) is 9.82. The second kappa shape index (κ2) is 4.49. The molecule has 0 amide bonds. The molecule has 0 spiro atoms. The Balaban J connectivity index is 1.77. The molecule has 0 bridgehead atoms. The fraction of sp³-hybridized carbons (Fsp3) is 0.385. The molecule has 3 rings (SSSR count). The first-order chi connectivity index (χ1) is 8.34. The molecule has 0 unspecified atom stereocenters. The van der Waals surface area contributed by atoms with Crippen LogP contribution in [0.3, 0.4) is 0 Å². The number of hydrogen-bond donors (Lipinski definition) is 1. The van der Waals surface area contributed by atoms with E-state index in [0.717, 1.165) is 5.56 Å². The summed E-state index contributed by atoms with van der Waals surface area (Å²) in [6.45, 7) is 0.422. The lowest BCUT2D eigenvalue weighted by molar-refractivity contribution is -0.276. The second-order valence-electron chi connectivity index (χ2n) is 4.17. The van der Waals surface area contributed by atoms with Crippen molar-refractivity contribution in [1.82, 2.24) is 0 Å². The third-order valence-electron chi connectivity index (χ3n) is 3.00. The average Bonchev–Trinajstić information content (AvgIpc) is 2.40. The lowest BCUT2D eigenvalue weighted by atomic mass is 10.0. The molecular formula is C13H14O4. The smallest absolute Gasteiger partial charge is 0.184 e. The summed E-state index contributed by atoms with van der Waals surface area (Å²) in [6.07, 6.45) is 1.44.